The Morgan fingerprint density at radius 1 is 0.923 bits per heavy atom. The van der Waals surface area contributed by atoms with Gasteiger partial charge >= 0.3 is 5.97 Å². The molecule has 5 nitrogen and oxygen atoms in total. The Morgan fingerprint density at radius 2 is 1.62 bits per heavy atom. The zero-order valence-electron chi connectivity index (χ0n) is 22.0. The summed E-state index contributed by atoms with van der Waals surface area (Å²) in [6.45, 7) is 6.79. The standard InChI is InChI=1S/C33H29ClN2O3/c1-20-22(3)36(19-23-8-10-25(11-9-23)28-6-4-5-7-29(28)33(38)39)31-17-14-26(18-30(20)31)32(37)35-21(2)24-12-15-27(34)16-13-24/h4-18,21H,19H2,1-3H3,(H,35,37)(H,38,39). The molecule has 0 aliphatic rings. The smallest absolute Gasteiger partial charge is 0.336 e. The first-order valence-corrected chi connectivity index (χ1v) is 13.2. The summed E-state index contributed by atoms with van der Waals surface area (Å²) >= 11 is 5.99. The topological polar surface area (TPSA) is 71.3 Å². The molecule has 0 spiro atoms. The fraction of sp³-hybridized carbons (Fsp3) is 0.152. The number of fused-ring (bicyclic) bond motifs is 1. The van der Waals surface area contributed by atoms with E-state index in [1.165, 1.54) is 0 Å². The van der Waals surface area contributed by atoms with Crippen LogP contribution >= 0.6 is 11.6 Å². The van der Waals surface area contributed by atoms with Gasteiger partial charge in [-0.25, -0.2) is 4.79 Å². The SMILES string of the molecule is Cc1c(C)n(Cc2ccc(-c3ccccc3C(=O)O)cc2)c2ccc(C(=O)NC(C)c3ccc(Cl)cc3)cc12. The number of nitrogens with one attached hydrogen (secondary N) is 1. The van der Waals surface area contributed by atoms with Crippen molar-refractivity contribution in [3.05, 3.63) is 130 Å². The van der Waals surface area contributed by atoms with Gasteiger partial charge in [0.25, 0.3) is 5.91 Å². The number of hydrogen-bond donors (Lipinski definition) is 2. The molecule has 0 saturated carbocycles. The number of aromatic nitrogens is 1. The lowest BCUT2D eigenvalue weighted by Gasteiger charge is -2.15. The van der Waals surface area contributed by atoms with Gasteiger partial charge in [0, 0.05) is 33.7 Å². The molecule has 196 valence electrons. The van der Waals surface area contributed by atoms with Gasteiger partial charge < -0.3 is 15.0 Å². The van der Waals surface area contributed by atoms with Crippen LogP contribution in [0.4, 0.5) is 0 Å². The van der Waals surface area contributed by atoms with Crippen molar-refractivity contribution in [1.29, 1.82) is 0 Å². The van der Waals surface area contributed by atoms with Crippen molar-refractivity contribution >= 4 is 34.4 Å². The molecule has 5 rings (SSSR count). The molecule has 5 aromatic rings. The number of hydrogen-bond acceptors (Lipinski definition) is 2. The van der Waals surface area contributed by atoms with Crippen LogP contribution in [0.1, 0.15) is 56.1 Å². The van der Waals surface area contributed by atoms with E-state index in [0.717, 1.165) is 38.9 Å². The first kappa shape index (κ1) is 26.3. The van der Waals surface area contributed by atoms with Crippen molar-refractivity contribution in [2.24, 2.45) is 0 Å². The fourth-order valence-corrected chi connectivity index (χ4v) is 5.13. The Labute approximate surface area is 232 Å². The highest BCUT2D eigenvalue weighted by Crippen LogP contribution is 2.29. The van der Waals surface area contributed by atoms with E-state index in [2.05, 4.69) is 23.7 Å². The van der Waals surface area contributed by atoms with Gasteiger partial charge in [-0.05, 0) is 85.0 Å². The second-order valence-electron chi connectivity index (χ2n) is 9.82. The van der Waals surface area contributed by atoms with Gasteiger partial charge in [0.15, 0.2) is 0 Å². The summed E-state index contributed by atoms with van der Waals surface area (Å²) in [6.07, 6.45) is 0. The third-order valence-electron chi connectivity index (χ3n) is 7.38. The largest absolute Gasteiger partial charge is 0.478 e. The molecule has 6 heteroatoms. The van der Waals surface area contributed by atoms with Crippen molar-refractivity contribution in [3.8, 4) is 11.1 Å². The molecule has 0 aliphatic carbocycles. The van der Waals surface area contributed by atoms with Gasteiger partial charge in [-0.3, -0.25) is 4.79 Å². The maximum Gasteiger partial charge on any atom is 0.336 e. The minimum Gasteiger partial charge on any atom is -0.478 e. The molecule has 39 heavy (non-hydrogen) atoms. The van der Waals surface area contributed by atoms with E-state index < -0.39 is 5.97 Å². The Morgan fingerprint density at radius 3 is 2.31 bits per heavy atom. The molecule has 0 aliphatic heterocycles. The maximum atomic E-state index is 13.1. The number of carboxylic acids is 1. The Kier molecular flexibility index (Phi) is 7.27. The highest BCUT2D eigenvalue weighted by atomic mass is 35.5. The Hall–Kier alpha value is -4.35. The number of aromatic carboxylic acids is 1. The number of rotatable bonds is 7. The van der Waals surface area contributed by atoms with Crippen LogP contribution in [-0.4, -0.2) is 21.6 Å². The minimum absolute atomic E-state index is 0.124. The number of aryl methyl sites for hydroxylation is 1. The van der Waals surface area contributed by atoms with Crippen molar-refractivity contribution in [2.75, 3.05) is 0 Å². The normalized spacial score (nSPS) is 11.9. The zero-order valence-corrected chi connectivity index (χ0v) is 22.8. The van der Waals surface area contributed by atoms with Gasteiger partial charge in [-0.15, -0.1) is 0 Å². The number of carboxylic acid groups (broad SMARTS) is 1. The predicted octanol–water partition coefficient (Wildman–Crippen LogP) is 7.82. The van der Waals surface area contributed by atoms with E-state index in [1.807, 2.05) is 85.8 Å². The van der Waals surface area contributed by atoms with E-state index in [-0.39, 0.29) is 17.5 Å². The molecule has 1 aromatic heterocycles. The third-order valence-corrected chi connectivity index (χ3v) is 7.63. The van der Waals surface area contributed by atoms with E-state index >= 15 is 0 Å². The maximum absolute atomic E-state index is 13.1. The van der Waals surface area contributed by atoms with Gasteiger partial charge in [0.2, 0.25) is 0 Å². The summed E-state index contributed by atoms with van der Waals surface area (Å²) in [4.78, 5) is 24.7. The fourth-order valence-electron chi connectivity index (χ4n) is 5.00. The highest BCUT2D eigenvalue weighted by Gasteiger charge is 2.17. The molecule has 0 bridgehead atoms. The summed E-state index contributed by atoms with van der Waals surface area (Å²) in [6, 6.07) is 28.2. The average molecular weight is 537 g/mol. The zero-order chi connectivity index (χ0) is 27.7. The molecule has 1 amide bonds. The molecule has 0 saturated heterocycles. The summed E-state index contributed by atoms with van der Waals surface area (Å²) < 4.78 is 2.25. The number of benzene rings is 4. The number of carbonyl (C=O) groups excluding carboxylic acids is 1. The van der Waals surface area contributed by atoms with E-state index in [0.29, 0.717) is 22.7 Å². The van der Waals surface area contributed by atoms with Gasteiger partial charge in [0.1, 0.15) is 0 Å². The van der Waals surface area contributed by atoms with Crippen LogP contribution in [0.3, 0.4) is 0 Å². The molecule has 0 radical (unpaired) electrons. The number of amides is 1. The predicted molar refractivity (Wildman–Crippen MR) is 157 cm³/mol. The summed E-state index contributed by atoms with van der Waals surface area (Å²) in [7, 11) is 0. The van der Waals surface area contributed by atoms with Crippen molar-refractivity contribution < 1.29 is 14.7 Å². The lowest BCUT2D eigenvalue weighted by Crippen LogP contribution is -2.26. The van der Waals surface area contributed by atoms with Gasteiger partial charge in [-0.2, -0.15) is 0 Å². The van der Waals surface area contributed by atoms with E-state index in [1.54, 1.807) is 12.1 Å². The third kappa shape index (κ3) is 5.31. The lowest BCUT2D eigenvalue weighted by atomic mass is 9.99. The van der Waals surface area contributed by atoms with Crippen LogP contribution in [0, 0.1) is 13.8 Å². The van der Waals surface area contributed by atoms with E-state index in [4.69, 9.17) is 11.6 Å². The summed E-state index contributed by atoms with van der Waals surface area (Å²) in [5.41, 5.74) is 7.90. The Balaban J connectivity index is 1.38. The number of carbonyl (C=O) groups is 2. The van der Waals surface area contributed by atoms with Gasteiger partial charge in [0.05, 0.1) is 11.6 Å². The average Bonchev–Trinajstić information content (AvgIpc) is 3.18. The molecule has 0 fully saturated rings. The van der Waals surface area contributed by atoms with Crippen LogP contribution in [-0.2, 0) is 6.54 Å². The molecule has 1 unspecified atom stereocenters. The quantitative estimate of drug-likeness (QED) is 0.223. The molecule has 4 aromatic carbocycles. The minimum atomic E-state index is -0.938. The van der Waals surface area contributed by atoms with Crippen LogP contribution in [0.15, 0.2) is 91.0 Å². The number of nitrogens with zero attached hydrogens (tertiary/aromatic N) is 1. The van der Waals surface area contributed by atoms with E-state index in [9.17, 15) is 14.7 Å². The molecule has 1 heterocycles. The molecular formula is C33H29ClN2O3. The van der Waals surface area contributed by atoms with Crippen molar-refractivity contribution in [1.82, 2.24) is 9.88 Å². The highest BCUT2D eigenvalue weighted by molar-refractivity contribution is 6.30. The second kappa shape index (κ2) is 10.8. The summed E-state index contributed by atoms with van der Waals surface area (Å²) in [5, 5.41) is 14.3. The number of halogens is 1. The molecular weight excluding hydrogens is 508 g/mol. The van der Waals surface area contributed by atoms with Gasteiger partial charge in [-0.1, -0.05) is 66.2 Å². The first-order chi connectivity index (χ1) is 18.7. The Bertz CT molecular complexity index is 1690. The molecule has 2 N–H and O–H groups in total. The van der Waals surface area contributed by atoms with Crippen LogP contribution in [0.25, 0.3) is 22.0 Å². The van der Waals surface area contributed by atoms with Crippen LogP contribution < -0.4 is 5.32 Å². The van der Waals surface area contributed by atoms with Crippen molar-refractivity contribution in [3.63, 3.8) is 0 Å². The monoisotopic (exact) mass is 536 g/mol. The first-order valence-electron chi connectivity index (χ1n) is 12.8. The van der Waals surface area contributed by atoms with Crippen LogP contribution in [0.5, 0.6) is 0 Å². The van der Waals surface area contributed by atoms with Crippen LogP contribution in [0.2, 0.25) is 5.02 Å². The lowest BCUT2D eigenvalue weighted by molar-refractivity contribution is 0.0697. The molecule has 1 atom stereocenters. The van der Waals surface area contributed by atoms with Crippen molar-refractivity contribution in [2.45, 2.75) is 33.4 Å². The second-order valence-corrected chi connectivity index (χ2v) is 10.3. The summed E-state index contributed by atoms with van der Waals surface area (Å²) in [5.74, 6) is -1.06.